The van der Waals surface area contributed by atoms with Gasteiger partial charge in [0, 0.05) is 22.5 Å². The van der Waals surface area contributed by atoms with Gasteiger partial charge in [0.05, 0.1) is 16.0 Å². The fourth-order valence-corrected chi connectivity index (χ4v) is 16.6. The number of aryl methyl sites for hydroxylation is 1. The molecule has 0 saturated heterocycles. The summed E-state index contributed by atoms with van der Waals surface area (Å²) in [5.41, 5.74) is 13.8. The Kier molecular flexibility index (Phi) is 10.7. The summed E-state index contributed by atoms with van der Waals surface area (Å²) >= 11 is 0. The number of hydrogen-bond donors (Lipinski definition) is 3. The number of rotatable bonds is 10. The number of hydrogen-bond acceptors (Lipinski definition) is 7. The van der Waals surface area contributed by atoms with Gasteiger partial charge in [-0.3, -0.25) is 9.13 Å². The number of nitrogens with one attached hydrogen (secondary N) is 2. The van der Waals surface area contributed by atoms with Gasteiger partial charge in [-0.1, -0.05) is 188 Å². The third-order valence-corrected chi connectivity index (χ3v) is 20.1. The van der Waals surface area contributed by atoms with E-state index in [1.54, 1.807) is 24.3 Å². The zero-order valence-electron chi connectivity index (χ0n) is 39.7. The van der Waals surface area contributed by atoms with E-state index in [1.807, 2.05) is 109 Å². The Labute approximate surface area is 424 Å². The summed E-state index contributed by atoms with van der Waals surface area (Å²) in [6.45, 7) is 2.05. The van der Waals surface area contributed by atoms with Crippen LogP contribution in [0.15, 0.2) is 243 Å². The first kappa shape index (κ1) is 44.6. The second-order valence-corrected chi connectivity index (χ2v) is 23.7. The quantitative estimate of drug-likeness (QED) is 0.117. The summed E-state index contributed by atoms with van der Waals surface area (Å²) < 4.78 is 45.1. The standard InChI is InChI=1S/C64H48N2O5P2/c1-42-26-28-43(29-27-42)62(72(68)60-24-12-6-18-54(60)52-16-4-10-22-58(52)70-72)65-47-36-32-45(33-37-47)64(56-20-8-2-14-50(56)51-15-3-9-21-57(51)64)46-34-38-48(39-35-46)66-63(44-30-40-49(67)41-31-44)73(69)61-25-13-7-19-55(61)53-17-5-11-23-59(53)71-73/h2-41,62-63,65-67H,1H3. The van der Waals surface area contributed by atoms with Gasteiger partial charge in [0.25, 0.3) is 0 Å². The minimum absolute atomic E-state index is 0.115. The summed E-state index contributed by atoms with van der Waals surface area (Å²) in [6.07, 6.45) is 0. The minimum Gasteiger partial charge on any atom is -0.508 e. The maximum atomic E-state index is 15.9. The van der Waals surface area contributed by atoms with Gasteiger partial charge in [-0.15, -0.1) is 0 Å². The largest absolute Gasteiger partial charge is 0.508 e. The summed E-state index contributed by atoms with van der Waals surface area (Å²) in [4.78, 5) is 0. The Hall–Kier alpha value is -8.34. The fourth-order valence-electron chi connectivity index (χ4n) is 11.4. The maximum absolute atomic E-state index is 15.9. The number of anilines is 2. The van der Waals surface area contributed by atoms with E-state index < -0.39 is 31.7 Å². The molecular weight excluding hydrogens is 939 g/mol. The van der Waals surface area contributed by atoms with E-state index >= 15 is 9.13 Å². The zero-order chi connectivity index (χ0) is 49.3. The van der Waals surface area contributed by atoms with Crippen LogP contribution in [0, 0.1) is 6.92 Å². The highest BCUT2D eigenvalue weighted by atomic mass is 31.2. The fraction of sp³-hybridized carbons (Fsp3) is 0.0625. The highest BCUT2D eigenvalue weighted by Crippen LogP contribution is 2.65. The summed E-state index contributed by atoms with van der Waals surface area (Å²) in [5, 5.41) is 19.1. The Balaban J connectivity index is 0.905. The Morgan fingerprint density at radius 1 is 0.397 bits per heavy atom. The molecule has 354 valence electrons. The van der Waals surface area contributed by atoms with E-state index in [0.717, 1.165) is 78.1 Å². The summed E-state index contributed by atoms with van der Waals surface area (Å²) in [7, 11) is -7.40. The van der Waals surface area contributed by atoms with Crippen molar-refractivity contribution in [1.29, 1.82) is 0 Å². The van der Waals surface area contributed by atoms with Gasteiger partial charge < -0.3 is 24.8 Å². The van der Waals surface area contributed by atoms with Crippen molar-refractivity contribution in [1.82, 2.24) is 0 Å². The third-order valence-electron chi connectivity index (χ3n) is 14.8. The smallest absolute Gasteiger partial charge is 0.303 e. The topological polar surface area (TPSA) is 96.9 Å². The van der Waals surface area contributed by atoms with Gasteiger partial charge in [0.2, 0.25) is 0 Å². The molecule has 73 heavy (non-hydrogen) atoms. The number of benzene rings is 10. The van der Waals surface area contributed by atoms with Crippen molar-refractivity contribution in [3.63, 3.8) is 0 Å². The van der Waals surface area contributed by atoms with Crippen molar-refractivity contribution >= 4 is 36.7 Å². The number of phenolic OH excluding ortho intramolecular Hbond substituents is 1. The first-order valence-corrected chi connectivity index (χ1v) is 27.9. The average Bonchev–Trinajstić information content (AvgIpc) is 3.74. The molecule has 2 aliphatic heterocycles. The second-order valence-electron chi connectivity index (χ2n) is 19.0. The molecule has 0 aromatic heterocycles. The monoisotopic (exact) mass is 986 g/mol. The van der Waals surface area contributed by atoms with Crippen molar-refractivity contribution in [3.8, 4) is 50.6 Å². The van der Waals surface area contributed by atoms with Crippen LogP contribution in [0.25, 0.3) is 33.4 Å². The molecule has 2 heterocycles. The van der Waals surface area contributed by atoms with E-state index in [9.17, 15) is 5.11 Å². The lowest BCUT2D eigenvalue weighted by atomic mass is 9.67. The highest BCUT2D eigenvalue weighted by Gasteiger charge is 2.48. The van der Waals surface area contributed by atoms with Crippen molar-refractivity contribution in [2.45, 2.75) is 23.9 Å². The molecule has 0 radical (unpaired) electrons. The first-order chi connectivity index (χ1) is 35.7. The van der Waals surface area contributed by atoms with Gasteiger partial charge in [-0.25, -0.2) is 0 Å². The lowest BCUT2D eigenvalue weighted by molar-refractivity contribution is 0.473. The molecule has 0 saturated carbocycles. The molecule has 0 amide bonds. The molecular formula is C64H48N2O5P2. The minimum atomic E-state index is -3.73. The number of aromatic hydroxyl groups is 1. The van der Waals surface area contributed by atoms with Crippen LogP contribution in [0.4, 0.5) is 11.4 Å². The van der Waals surface area contributed by atoms with Crippen LogP contribution in [0.2, 0.25) is 0 Å². The first-order valence-electron chi connectivity index (χ1n) is 24.5. The van der Waals surface area contributed by atoms with Gasteiger partial charge in [0.1, 0.15) is 28.8 Å². The zero-order valence-corrected chi connectivity index (χ0v) is 41.5. The van der Waals surface area contributed by atoms with E-state index in [-0.39, 0.29) is 5.75 Å². The molecule has 10 aromatic carbocycles. The molecule has 0 bridgehead atoms. The van der Waals surface area contributed by atoms with Gasteiger partial charge in [-0.05, 0) is 123 Å². The average molecular weight is 987 g/mol. The van der Waals surface area contributed by atoms with E-state index in [2.05, 4.69) is 127 Å². The Bertz CT molecular complexity index is 3600. The lowest BCUT2D eigenvalue weighted by Crippen LogP contribution is -2.29. The molecule has 3 aliphatic rings. The molecule has 4 atom stereocenters. The van der Waals surface area contributed by atoms with Crippen molar-refractivity contribution in [2.24, 2.45) is 0 Å². The molecule has 7 nitrogen and oxygen atoms in total. The van der Waals surface area contributed by atoms with Gasteiger partial charge in [0.15, 0.2) is 0 Å². The second kappa shape index (κ2) is 17.5. The lowest BCUT2D eigenvalue weighted by Gasteiger charge is -2.36. The highest BCUT2D eigenvalue weighted by molar-refractivity contribution is 7.68. The van der Waals surface area contributed by atoms with Crippen molar-refractivity contribution < 1.29 is 23.3 Å². The molecule has 10 aromatic rings. The van der Waals surface area contributed by atoms with Crippen LogP contribution in [-0.4, -0.2) is 5.11 Å². The van der Waals surface area contributed by atoms with Crippen LogP contribution in [0.1, 0.15) is 50.5 Å². The number of fused-ring (bicyclic) bond motifs is 9. The molecule has 4 unspecified atom stereocenters. The third kappa shape index (κ3) is 7.18. The Morgan fingerprint density at radius 2 is 0.753 bits per heavy atom. The van der Waals surface area contributed by atoms with Crippen LogP contribution < -0.4 is 30.3 Å². The van der Waals surface area contributed by atoms with Crippen LogP contribution >= 0.6 is 14.7 Å². The number of para-hydroxylation sites is 2. The summed E-state index contributed by atoms with van der Waals surface area (Å²) in [6, 6.07) is 80.5. The van der Waals surface area contributed by atoms with Gasteiger partial charge >= 0.3 is 14.7 Å². The van der Waals surface area contributed by atoms with Crippen molar-refractivity contribution in [3.05, 3.63) is 282 Å². The molecule has 0 spiro atoms. The normalized spacial score (nSPS) is 18.2. The van der Waals surface area contributed by atoms with Crippen molar-refractivity contribution in [2.75, 3.05) is 10.6 Å². The Morgan fingerprint density at radius 3 is 1.19 bits per heavy atom. The molecule has 3 N–H and O–H groups in total. The molecule has 0 fully saturated rings. The molecule has 9 heteroatoms. The maximum Gasteiger partial charge on any atom is 0.303 e. The van der Waals surface area contributed by atoms with E-state index in [0.29, 0.717) is 27.7 Å². The van der Waals surface area contributed by atoms with Crippen LogP contribution in [-0.2, 0) is 14.5 Å². The van der Waals surface area contributed by atoms with E-state index in [1.165, 1.54) is 0 Å². The number of phenols is 1. The molecule has 13 rings (SSSR count). The van der Waals surface area contributed by atoms with Crippen LogP contribution in [0.5, 0.6) is 17.2 Å². The summed E-state index contributed by atoms with van der Waals surface area (Å²) in [5.74, 6) is -0.242. The van der Waals surface area contributed by atoms with Crippen LogP contribution in [0.3, 0.4) is 0 Å². The molecule has 1 aliphatic carbocycles. The SMILES string of the molecule is Cc1ccc(C(Nc2ccc(C3(c4ccc(NC(c5ccc(O)cc5)P5(=O)Oc6ccccc6-c6ccccc65)cc4)c4ccccc4-c4ccccc43)cc2)P2(=O)Oc3ccccc3-c3ccccc32)cc1. The predicted molar refractivity (Wildman–Crippen MR) is 295 cm³/mol. The predicted octanol–water partition coefficient (Wildman–Crippen LogP) is 15.6. The van der Waals surface area contributed by atoms with Gasteiger partial charge in [-0.2, -0.15) is 0 Å². The van der Waals surface area contributed by atoms with E-state index in [4.69, 9.17) is 9.05 Å².